The molecule has 1 aliphatic rings. The van der Waals surface area contributed by atoms with Crippen LogP contribution in [0.2, 0.25) is 5.02 Å². The lowest BCUT2D eigenvalue weighted by Crippen LogP contribution is -2.37. The van der Waals surface area contributed by atoms with E-state index in [4.69, 9.17) is 11.6 Å². The lowest BCUT2D eigenvalue weighted by atomic mass is 10.2. The molecule has 1 unspecified atom stereocenters. The Morgan fingerprint density at radius 2 is 2.29 bits per heavy atom. The summed E-state index contributed by atoms with van der Waals surface area (Å²) in [5, 5.41) is 5.94. The van der Waals surface area contributed by atoms with Crippen molar-refractivity contribution in [1.82, 2.24) is 5.32 Å². The van der Waals surface area contributed by atoms with Crippen LogP contribution in [0.5, 0.6) is 0 Å². The van der Waals surface area contributed by atoms with Crippen molar-refractivity contribution in [2.75, 3.05) is 5.32 Å². The Labute approximate surface area is 112 Å². The van der Waals surface area contributed by atoms with E-state index in [2.05, 4.69) is 26.6 Å². The third-order valence-electron chi connectivity index (χ3n) is 2.50. The van der Waals surface area contributed by atoms with E-state index in [1.807, 2.05) is 0 Å². The van der Waals surface area contributed by atoms with Gasteiger partial charge in [0.1, 0.15) is 6.04 Å². The third kappa shape index (κ3) is 2.98. The summed E-state index contributed by atoms with van der Waals surface area (Å²) >= 11 is 9.11. The van der Waals surface area contributed by atoms with Crippen molar-refractivity contribution in [1.29, 1.82) is 0 Å². The van der Waals surface area contributed by atoms with Gasteiger partial charge in [-0.15, -0.1) is 0 Å². The first-order chi connectivity index (χ1) is 8.06. The molecule has 0 aliphatic carbocycles. The van der Waals surface area contributed by atoms with E-state index in [0.29, 0.717) is 28.0 Å². The van der Waals surface area contributed by atoms with Gasteiger partial charge >= 0.3 is 0 Å². The Bertz CT molecular complexity index is 479. The average molecular weight is 318 g/mol. The number of amides is 2. The second-order valence-corrected chi connectivity index (χ2v) is 5.06. The summed E-state index contributed by atoms with van der Waals surface area (Å²) in [5.41, 5.74) is 0.639. The van der Waals surface area contributed by atoms with Gasteiger partial charge in [-0.1, -0.05) is 11.6 Å². The van der Waals surface area contributed by atoms with Gasteiger partial charge in [0.25, 0.3) is 0 Å². The quantitative estimate of drug-likeness (QED) is 0.879. The second-order valence-electron chi connectivity index (χ2n) is 3.77. The van der Waals surface area contributed by atoms with E-state index in [1.165, 1.54) is 0 Å². The Balaban J connectivity index is 2.05. The molecule has 2 N–H and O–H groups in total. The predicted molar refractivity (Wildman–Crippen MR) is 68.9 cm³/mol. The topological polar surface area (TPSA) is 58.2 Å². The molecule has 4 nitrogen and oxygen atoms in total. The van der Waals surface area contributed by atoms with Crippen molar-refractivity contribution in [2.24, 2.45) is 0 Å². The van der Waals surface area contributed by atoms with Gasteiger partial charge in [0.05, 0.1) is 5.69 Å². The van der Waals surface area contributed by atoms with Gasteiger partial charge in [0, 0.05) is 15.9 Å². The molecule has 0 spiro atoms. The number of hydrogen-bond acceptors (Lipinski definition) is 2. The monoisotopic (exact) mass is 316 g/mol. The molecule has 6 heteroatoms. The smallest absolute Gasteiger partial charge is 0.246 e. The Morgan fingerprint density at radius 1 is 1.53 bits per heavy atom. The maximum Gasteiger partial charge on any atom is 0.246 e. The Kier molecular flexibility index (Phi) is 3.69. The first kappa shape index (κ1) is 12.4. The highest BCUT2D eigenvalue weighted by Gasteiger charge is 2.27. The van der Waals surface area contributed by atoms with Crippen LogP contribution < -0.4 is 10.6 Å². The molecule has 0 aromatic heterocycles. The standard InChI is InChI=1S/C11H10BrClN2O2/c12-7-5-6(13)1-2-8(7)15-11(17)9-3-4-10(16)14-9/h1-2,5,9H,3-4H2,(H,14,16)(H,15,17). The normalized spacial score (nSPS) is 18.9. The molecule has 90 valence electrons. The fourth-order valence-corrected chi connectivity index (χ4v) is 2.40. The molecule has 0 radical (unpaired) electrons. The maximum atomic E-state index is 11.8. The molecule has 1 aliphatic heterocycles. The fraction of sp³-hybridized carbons (Fsp3) is 0.273. The van der Waals surface area contributed by atoms with Crippen LogP contribution in [0, 0.1) is 0 Å². The zero-order valence-electron chi connectivity index (χ0n) is 8.80. The molecule has 2 amide bonds. The molecule has 1 heterocycles. The molecule has 1 aromatic rings. The van der Waals surface area contributed by atoms with Crippen LogP contribution in [0.15, 0.2) is 22.7 Å². The van der Waals surface area contributed by atoms with Crippen molar-refractivity contribution < 1.29 is 9.59 Å². The number of anilines is 1. The molecule has 1 saturated heterocycles. The van der Waals surface area contributed by atoms with E-state index in [0.717, 1.165) is 0 Å². The predicted octanol–water partition coefficient (Wildman–Crippen LogP) is 2.32. The summed E-state index contributed by atoms with van der Waals surface area (Å²) in [6, 6.07) is 4.66. The first-order valence-electron chi connectivity index (χ1n) is 5.11. The molecular formula is C11H10BrClN2O2. The minimum Gasteiger partial charge on any atom is -0.344 e. The van der Waals surface area contributed by atoms with Crippen molar-refractivity contribution in [2.45, 2.75) is 18.9 Å². The Hall–Kier alpha value is -1.07. The van der Waals surface area contributed by atoms with Gasteiger partial charge in [-0.2, -0.15) is 0 Å². The molecular weight excluding hydrogens is 307 g/mol. The van der Waals surface area contributed by atoms with Crippen molar-refractivity contribution in [3.8, 4) is 0 Å². The highest BCUT2D eigenvalue weighted by Crippen LogP contribution is 2.26. The zero-order valence-corrected chi connectivity index (χ0v) is 11.1. The highest BCUT2D eigenvalue weighted by atomic mass is 79.9. The van der Waals surface area contributed by atoms with Crippen LogP contribution in [-0.4, -0.2) is 17.9 Å². The number of benzene rings is 1. The molecule has 17 heavy (non-hydrogen) atoms. The number of hydrogen-bond donors (Lipinski definition) is 2. The van der Waals surface area contributed by atoms with Crippen molar-refractivity contribution >= 4 is 45.0 Å². The second kappa shape index (κ2) is 5.06. The lowest BCUT2D eigenvalue weighted by Gasteiger charge is -2.12. The van der Waals surface area contributed by atoms with Crippen LogP contribution in [0.3, 0.4) is 0 Å². The lowest BCUT2D eigenvalue weighted by molar-refractivity contribution is -0.122. The third-order valence-corrected chi connectivity index (χ3v) is 3.39. The summed E-state index contributed by atoms with van der Waals surface area (Å²) < 4.78 is 0.711. The van der Waals surface area contributed by atoms with E-state index in [9.17, 15) is 9.59 Å². The SMILES string of the molecule is O=C1CCC(C(=O)Nc2ccc(Cl)cc2Br)N1. The van der Waals surface area contributed by atoms with Crippen LogP contribution in [0.1, 0.15) is 12.8 Å². The summed E-state index contributed by atoms with van der Waals surface area (Å²) in [6.45, 7) is 0. The molecule has 1 fully saturated rings. The molecule has 0 bridgehead atoms. The first-order valence-corrected chi connectivity index (χ1v) is 6.28. The maximum absolute atomic E-state index is 11.8. The van der Waals surface area contributed by atoms with E-state index >= 15 is 0 Å². The summed E-state index contributed by atoms with van der Waals surface area (Å²) in [6.07, 6.45) is 0.940. The van der Waals surface area contributed by atoms with Crippen LogP contribution in [-0.2, 0) is 9.59 Å². The van der Waals surface area contributed by atoms with Crippen LogP contribution in [0.4, 0.5) is 5.69 Å². The molecule has 0 saturated carbocycles. The molecule has 1 atom stereocenters. The van der Waals surface area contributed by atoms with E-state index in [-0.39, 0.29) is 11.8 Å². The van der Waals surface area contributed by atoms with Crippen LogP contribution in [0.25, 0.3) is 0 Å². The van der Waals surface area contributed by atoms with Gasteiger partial charge in [-0.25, -0.2) is 0 Å². The van der Waals surface area contributed by atoms with Gasteiger partial charge in [0.2, 0.25) is 11.8 Å². The van der Waals surface area contributed by atoms with Gasteiger partial charge in [-0.3, -0.25) is 9.59 Å². The number of rotatable bonds is 2. The largest absolute Gasteiger partial charge is 0.344 e. The summed E-state index contributed by atoms with van der Waals surface area (Å²) in [5.74, 6) is -0.292. The number of carbonyl (C=O) groups is 2. The molecule has 1 aromatic carbocycles. The average Bonchev–Trinajstić information content (AvgIpc) is 2.69. The fourth-order valence-electron chi connectivity index (χ4n) is 1.62. The van der Waals surface area contributed by atoms with Gasteiger partial charge in [-0.05, 0) is 40.5 Å². The van der Waals surface area contributed by atoms with E-state index < -0.39 is 6.04 Å². The highest BCUT2D eigenvalue weighted by molar-refractivity contribution is 9.10. The Morgan fingerprint density at radius 3 is 2.88 bits per heavy atom. The minimum absolute atomic E-state index is 0.0830. The molecule has 2 rings (SSSR count). The van der Waals surface area contributed by atoms with Crippen LogP contribution >= 0.6 is 27.5 Å². The minimum atomic E-state index is -0.440. The van der Waals surface area contributed by atoms with E-state index in [1.54, 1.807) is 18.2 Å². The van der Waals surface area contributed by atoms with Crippen molar-refractivity contribution in [3.63, 3.8) is 0 Å². The van der Waals surface area contributed by atoms with Gasteiger partial charge in [0.15, 0.2) is 0 Å². The number of nitrogens with one attached hydrogen (secondary N) is 2. The number of halogens is 2. The number of carbonyl (C=O) groups excluding carboxylic acids is 2. The summed E-state index contributed by atoms with van der Waals surface area (Å²) in [7, 11) is 0. The summed E-state index contributed by atoms with van der Waals surface area (Å²) in [4.78, 5) is 22.8. The van der Waals surface area contributed by atoms with Crippen molar-refractivity contribution in [3.05, 3.63) is 27.7 Å². The zero-order chi connectivity index (χ0) is 12.4. The van der Waals surface area contributed by atoms with Gasteiger partial charge < -0.3 is 10.6 Å².